The Labute approximate surface area is 211 Å². The molecular formula is C21H22Cl2N6O5S. The first-order valence-corrected chi connectivity index (χ1v) is 12.7. The Morgan fingerprint density at radius 2 is 2.06 bits per heavy atom. The molecule has 14 heteroatoms. The number of nitrogens with one attached hydrogen (secondary N) is 2. The van der Waals surface area contributed by atoms with Crippen molar-refractivity contribution in [3.63, 3.8) is 0 Å². The van der Waals surface area contributed by atoms with Gasteiger partial charge in [-0.2, -0.15) is 18.2 Å². The average Bonchev–Trinajstić information content (AvgIpc) is 3.39. The van der Waals surface area contributed by atoms with E-state index in [9.17, 15) is 18.3 Å². The molecule has 0 spiro atoms. The summed E-state index contributed by atoms with van der Waals surface area (Å²) >= 11 is 12.3. The predicted octanol–water partition coefficient (Wildman–Crippen LogP) is 2.04. The highest BCUT2D eigenvalue weighted by Crippen LogP contribution is 2.29. The van der Waals surface area contributed by atoms with Crippen LogP contribution in [-0.4, -0.2) is 64.4 Å². The van der Waals surface area contributed by atoms with E-state index < -0.39 is 34.3 Å². The number of aliphatic hydroxyl groups is 1. The number of carbonyl (C=O) groups excluding carboxylic acids is 1. The molecule has 1 fully saturated rings. The van der Waals surface area contributed by atoms with E-state index in [0.717, 1.165) is 5.56 Å². The van der Waals surface area contributed by atoms with E-state index in [1.165, 1.54) is 13.4 Å². The molecule has 0 unspecified atom stereocenters. The fraction of sp³-hybridized carbons (Fsp3) is 0.333. The Bertz CT molecular complexity index is 1340. The maximum atomic E-state index is 13.3. The second kappa shape index (κ2) is 10.6. The third-order valence-corrected chi connectivity index (χ3v) is 6.97. The van der Waals surface area contributed by atoms with Gasteiger partial charge in [0.1, 0.15) is 34.7 Å². The molecule has 0 saturated heterocycles. The van der Waals surface area contributed by atoms with Crippen molar-refractivity contribution in [3.05, 3.63) is 69.9 Å². The summed E-state index contributed by atoms with van der Waals surface area (Å²) in [6.07, 6.45) is 1.21. The van der Waals surface area contributed by atoms with Crippen LogP contribution in [0.25, 0.3) is 0 Å². The van der Waals surface area contributed by atoms with E-state index >= 15 is 0 Å². The molecule has 1 aliphatic carbocycles. The number of anilines is 1. The van der Waals surface area contributed by atoms with Crippen molar-refractivity contribution in [1.82, 2.24) is 24.5 Å². The second-order valence-corrected chi connectivity index (χ2v) is 10.2. The van der Waals surface area contributed by atoms with Gasteiger partial charge in [-0.25, -0.2) is 9.97 Å². The fourth-order valence-electron chi connectivity index (χ4n) is 3.80. The Morgan fingerprint density at radius 3 is 2.80 bits per heavy atom. The van der Waals surface area contributed by atoms with E-state index in [1.807, 2.05) is 22.9 Å². The summed E-state index contributed by atoms with van der Waals surface area (Å²) in [5.41, 5.74) is 1.07. The van der Waals surface area contributed by atoms with Gasteiger partial charge < -0.3 is 10.4 Å². The number of benzene rings is 1. The summed E-state index contributed by atoms with van der Waals surface area (Å²) in [6.45, 7) is 0.412. The summed E-state index contributed by atoms with van der Waals surface area (Å²) in [5, 5.41) is 18.2. The molecule has 2 aromatic heterocycles. The van der Waals surface area contributed by atoms with Crippen LogP contribution in [0.1, 0.15) is 34.5 Å². The molecule has 1 aromatic carbocycles. The van der Waals surface area contributed by atoms with Crippen molar-refractivity contribution < 1.29 is 22.5 Å². The van der Waals surface area contributed by atoms with Gasteiger partial charge >= 0.3 is 10.3 Å². The van der Waals surface area contributed by atoms with E-state index in [4.69, 9.17) is 27.4 Å². The van der Waals surface area contributed by atoms with Crippen LogP contribution >= 0.6 is 23.2 Å². The van der Waals surface area contributed by atoms with Crippen LogP contribution in [0, 0.1) is 0 Å². The number of halogens is 2. The first kappa shape index (κ1) is 25.5. The molecule has 3 atom stereocenters. The van der Waals surface area contributed by atoms with Crippen LogP contribution in [0.4, 0.5) is 5.82 Å². The van der Waals surface area contributed by atoms with Gasteiger partial charge in [-0.1, -0.05) is 35.3 Å². The van der Waals surface area contributed by atoms with Crippen molar-refractivity contribution in [2.75, 3.05) is 12.4 Å². The summed E-state index contributed by atoms with van der Waals surface area (Å²) in [4.78, 5) is 21.3. The summed E-state index contributed by atoms with van der Waals surface area (Å²) in [7, 11) is -2.76. The fourth-order valence-corrected chi connectivity index (χ4v) is 4.86. The quantitative estimate of drug-likeness (QED) is 0.273. The average molecular weight is 541 g/mol. The van der Waals surface area contributed by atoms with Crippen LogP contribution in [0.5, 0.6) is 0 Å². The lowest BCUT2D eigenvalue weighted by Gasteiger charge is -2.16. The molecule has 11 nitrogen and oxygen atoms in total. The van der Waals surface area contributed by atoms with Gasteiger partial charge in [0.2, 0.25) is 5.78 Å². The van der Waals surface area contributed by atoms with Crippen LogP contribution < -0.4 is 10.0 Å². The summed E-state index contributed by atoms with van der Waals surface area (Å²) in [5.74, 6) is -0.347. The zero-order valence-corrected chi connectivity index (χ0v) is 20.8. The molecule has 0 bridgehead atoms. The summed E-state index contributed by atoms with van der Waals surface area (Å²) < 4.78 is 32.0. The largest absolute Gasteiger partial charge is 0.390 e. The van der Waals surface area contributed by atoms with Crippen molar-refractivity contribution in [2.24, 2.45) is 0 Å². The van der Waals surface area contributed by atoms with Crippen LogP contribution in [0.2, 0.25) is 10.2 Å². The summed E-state index contributed by atoms with van der Waals surface area (Å²) in [6, 6.07) is 8.44. The van der Waals surface area contributed by atoms with Crippen molar-refractivity contribution >= 4 is 45.1 Å². The Kier molecular flexibility index (Phi) is 7.69. The molecule has 4 rings (SSSR count). The molecule has 0 aliphatic heterocycles. The normalized spacial score (nSPS) is 20.2. The van der Waals surface area contributed by atoms with Gasteiger partial charge in [0.25, 0.3) is 0 Å². The number of carbonyl (C=O) groups is 1. The minimum atomic E-state index is -3.98. The Hall–Kier alpha value is -2.61. The number of aromatic nitrogens is 4. The van der Waals surface area contributed by atoms with E-state index in [1.54, 1.807) is 23.0 Å². The molecule has 3 aromatic rings. The lowest BCUT2D eigenvalue weighted by Crippen LogP contribution is -2.31. The van der Waals surface area contributed by atoms with Crippen molar-refractivity contribution in [2.45, 2.75) is 37.6 Å². The zero-order chi connectivity index (χ0) is 25.2. The van der Waals surface area contributed by atoms with Gasteiger partial charge in [-0.15, -0.1) is 0 Å². The minimum absolute atomic E-state index is 0.0175. The maximum Gasteiger partial charge on any atom is 0.335 e. The van der Waals surface area contributed by atoms with Gasteiger partial charge in [-0.05, 0) is 36.6 Å². The Morgan fingerprint density at radius 1 is 1.26 bits per heavy atom. The third kappa shape index (κ3) is 6.15. The van der Waals surface area contributed by atoms with Crippen LogP contribution in [-0.2, 0) is 21.0 Å². The molecule has 0 radical (unpaired) electrons. The number of ketones is 1. The highest BCUT2D eigenvalue weighted by molar-refractivity contribution is 7.84. The van der Waals surface area contributed by atoms with Crippen LogP contribution in [0.15, 0.2) is 42.9 Å². The third-order valence-electron chi connectivity index (χ3n) is 5.45. The zero-order valence-electron chi connectivity index (χ0n) is 18.4. The first-order chi connectivity index (χ1) is 16.6. The molecule has 2 heterocycles. The predicted molar refractivity (Wildman–Crippen MR) is 129 cm³/mol. The second-order valence-electron chi connectivity index (χ2n) is 7.92. The number of rotatable bonds is 9. The van der Waals surface area contributed by atoms with Crippen molar-refractivity contribution in [1.29, 1.82) is 0 Å². The topological polar surface area (TPSA) is 148 Å². The number of hydrogen-bond acceptors (Lipinski definition) is 9. The van der Waals surface area contributed by atoms with Gasteiger partial charge in [-0.3, -0.25) is 13.7 Å². The van der Waals surface area contributed by atoms with Gasteiger partial charge in [0.05, 0.1) is 12.6 Å². The smallest absolute Gasteiger partial charge is 0.335 e. The number of nitrogens with zero attached hydrogens (tertiary/aromatic N) is 4. The lowest BCUT2D eigenvalue weighted by molar-refractivity contribution is 0.0636. The highest BCUT2D eigenvalue weighted by Gasteiger charge is 2.37. The highest BCUT2D eigenvalue weighted by atomic mass is 35.5. The van der Waals surface area contributed by atoms with Gasteiger partial charge in [0.15, 0.2) is 0 Å². The standard InChI is InChI=1S/C21H22Cl2N6O5S/c1-24-35(32,33)34-17-9-14(8-16(17)30)27-21-18(20(23)25-11-26-21)19(31)15-5-6-29(28-15)10-12-3-2-4-13(22)7-12/h2-7,11,14,16-17,24,30H,8-10H2,1H3,(H,25,26,27)/t14-,16+,17-/m1/s1. The minimum Gasteiger partial charge on any atom is -0.390 e. The lowest BCUT2D eigenvalue weighted by atomic mass is 10.1. The van der Waals surface area contributed by atoms with E-state index in [0.29, 0.717) is 11.6 Å². The van der Waals surface area contributed by atoms with Crippen LogP contribution in [0.3, 0.4) is 0 Å². The molecular weight excluding hydrogens is 519 g/mol. The molecule has 1 saturated carbocycles. The Balaban J connectivity index is 1.51. The molecule has 3 N–H and O–H groups in total. The molecule has 186 valence electrons. The first-order valence-electron chi connectivity index (χ1n) is 10.5. The van der Waals surface area contributed by atoms with E-state index in [-0.39, 0.29) is 35.1 Å². The van der Waals surface area contributed by atoms with Gasteiger partial charge in [0, 0.05) is 24.3 Å². The molecule has 1 aliphatic rings. The molecule has 0 amide bonds. The van der Waals surface area contributed by atoms with Crippen molar-refractivity contribution in [3.8, 4) is 0 Å². The maximum absolute atomic E-state index is 13.3. The number of hydrogen-bond donors (Lipinski definition) is 3. The molecule has 35 heavy (non-hydrogen) atoms. The monoisotopic (exact) mass is 540 g/mol. The SMILES string of the molecule is CNS(=O)(=O)O[C@@H]1C[C@H](Nc2ncnc(Cl)c2C(=O)c2ccn(Cc3cccc(Cl)c3)n2)C[C@@H]1O. The van der Waals surface area contributed by atoms with E-state index in [2.05, 4.69) is 20.4 Å². The number of aliphatic hydroxyl groups excluding tert-OH is 1.